The molecule has 0 radical (unpaired) electrons. The summed E-state index contributed by atoms with van der Waals surface area (Å²) in [5.41, 5.74) is 0. The molecule has 2 fully saturated rings. The van der Waals surface area contributed by atoms with E-state index in [1.807, 2.05) is 0 Å². The van der Waals surface area contributed by atoms with Crippen LogP contribution in [0.5, 0.6) is 0 Å². The molecule has 1 N–H and O–H groups in total. The molecular formula is C14H29N3O. The van der Waals surface area contributed by atoms with Crippen LogP contribution in [-0.4, -0.2) is 74.4 Å². The van der Waals surface area contributed by atoms with Crippen molar-refractivity contribution in [2.75, 3.05) is 52.5 Å². The fourth-order valence-electron chi connectivity index (χ4n) is 2.98. The van der Waals surface area contributed by atoms with E-state index in [1.54, 1.807) is 0 Å². The summed E-state index contributed by atoms with van der Waals surface area (Å²) < 4.78 is 5.40. The van der Waals surface area contributed by atoms with Crippen molar-refractivity contribution < 1.29 is 4.74 Å². The first-order valence-corrected chi connectivity index (χ1v) is 7.57. The highest BCUT2D eigenvalue weighted by atomic mass is 16.5. The Kier molecular flexibility index (Phi) is 5.89. The van der Waals surface area contributed by atoms with Crippen LogP contribution in [0, 0.1) is 0 Å². The van der Waals surface area contributed by atoms with Gasteiger partial charge in [-0.05, 0) is 26.3 Å². The second kappa shape index (κ2) is 7.43. The monoisotopic (exact) mass is 255 g/mol. The largest absolute Gasteiger partial charge is 0.379 e. The van der Waals surface area contributed by atoms with Crippen LogP contribution < -0.4 is 5.32 Å². The van der Waals surface area contributed by atoms with E-state index < -0.39 is 0 Å². The van der Waals surface area contributed by atoms with Gasteiger partial charge in [-0.1, -0.05) is 6.92 Å². The molecule has 2 heterocycles. The normalized spacial score (nSPS) is 28.7. The molecule has 4 nitrogen and oxygen atoms in total. The summed E-state index contributed by atoms with van der Waals surface area (Å²) in [4.78, 5) is 5.18. The van der Waals surface area contributed by atoms with Crippen molar-refractivity contribution in [3.8, 4) is 0 Å². The number of nitrogens with zero attached hydrogens (tertiary/aromatic N) is 2. The summed E-state index contributed by atoms with van der Waals surface area (Å²) >= 11 is 0. The van der Waals surface area contributed by atoms with Crippen LogP contribution in [-0.2, 0) is 4.74 Å². The van der Waals surface area contributed by atoms with Crippen LogP contribution in [0.1, 0.15) is 26.7 Å². The van der Waals surface area contributed by atoms with Crippen molar-refractivity contribution in [1.82, 2.24) is 15.1 Å². The molecule has 2 aliphatic rings. The molecule has 2 atom stereocenters. The van der Waals surface area contributed by atoms with Crippen molar-refractivity contribution in [2.24, 2.45) is 0 Å². The minimum absolute atomic E-state index is 0.677. The van der Waals surface area contributed by atoms with Crippen molar-refractivity contribution >= 4 is 0 Å². The van der Waals surface area contributed by atoms with Gasteiger partial charge in [0.25, 0.3) is 0 Å². The number of rotatable bonds is 6. The minimum Gasteiger partial charge on any atom is -0.379 e. The Balaban J connectivity index is 1.67. The van der Waals surface area contributed by atoms with E-state index in [0.717, 1.165) is 38.9 Å². The molecule has 0 amide bonds. The van der Waals surface area contributed by atoms with E-state index >= 15 is 0 Å². The van der Waals surface area contributed by atoms with Gasteiger partial charge in [0.2, 0.25) is 0 Å². The lowest BCUT2D eigenvalue weighted by molar-refractivity contribution is 0.0265. The lowest BCUT2D eigenvalue weighted by Gasteiger charge is -2.33. The van der Waals surface area contributed by atoms with E-state index in [-0.39, 0.29) is 0 Å². The summed E-state index contributed by atoms with van der Waals surface area (Å²) in [6, 6.07) is 1.40. The molecule has 2 saturated heterocycles. The van der Waals surface area contributed by atoms with E-state index in [4.69, 9.17) is 4.74 Å². The van der Waals surface area contributed by atoms with E-state index in [2.05, 4.69) is 29.0 Å². The summed E-state index contributed by atoms with van der Waals surface area (Å²) in [6.07, 6.45) is 2.55. The Morgan fingerprint density at radius 1 is 1.28 bits per heavy atom. The third-order valence-electron chi connectivity index (χ3n) is 4.15. The van der Waals surface area contributed by atoms with Gasteiger partial charge in [-0.15, -0.1) is 0 Å². The summed E-state index contributed by atoms with van der Waals surface area (Å²) in [5, 5.41) is 3.64. The van der Waals surface area contributed by atoms with Crippen molar-refractivity contribution in [3.63, 3.8) is 0 Å². The number of nitrogens with one attached hydrogen (secondary N) is 1. The smallest absolute Gasteiger partial charge is 0.0594 e. The summed E-state index contributed by atoms with van der Waals surface area (Å²) in [5.74, 6) is 0. The number of ether oxygens (including phenoxy) is 1. The van der Waals surface area contributed by atoms with Crippen LogP contribution in [0.4, 0.5) is 0 Å². The highest BCUT2D eigenvalue weighted by Gasteiger charge is 2.26. The van der Waals surface area contributed by atoms with Crippen molar-refractivity contribution in [1.29, 1.82) is 0 Å². The SMILES string of the molecule is CCCNC1CCN(C(C)CN2CCOCC2)C1. The molecule has 2 rings (SSSR count). The average molecular weight is 255 g/mol. The molecule has 0 spiro atoms. The summed E-state index contributed by atoms with van der Waals surface area (Å²) in [6.45, 7) is 13.5. The maximum atomic E-state index is 5.40. The number of morpholine rings is 1. The van der Waals surface area contributed by atoms with Gasteiger partial charge < -0.3 is 10.1 Å². The lowest BCUT2D eigenvalue weighted by Crippen LogP contribution is -2.46. The van der Waals surface area contributed by atoms with Gasteiger partial charge in [-0.2, -0.15) is 0 Å². The molecule has 0 aliphatic carbocycles. The van der Waals surface area contributed by atoms with Crippen LogP contribution >= 0.6 is 0 Å². The van der Waals surface area contributed by atoms with Gasteiger partial charge in [0, 0.05) is 44.8 Å². The standard InChI is InChI=1S/C14H29N3O/c1-3-5-15-14-4-6-17(12-14)13(2)11-16-7-9-18-10-8-16/h13-15H,3-12H2,1-2H3. The number of likely N-dealkylation sites (tertiary alicyclic amines) is 1. The van der Waals surface area contributed by atoms with Gasteiger partial charge in [0.15, 0.2) is 0 Å². The zero-order chi connectivity index (χ0) is 12.8. The Morgan fingerprint density at radius 2 is 2.06 bits per heavy atom. The van der Waals surface area contributed by atoms with Gasteiger partial charge in [-0.3, -0.25) is 9.80 Å². The quantitative estimate of drug-likeness (QED) is 0.759. The van der Waals surface area contributed by atoms with E-state index in [9.17, 15) is 0 Å². The van der Waals surface area contributed by atoms with Crippen LogP contribution in [0.2, 0.25) is 0 Å². The van der Waals surface area contributed by atoms with Crippen LogP contribution in [0.15, 0.2) is 0 Å². The van der Waals surface area contributed by atoms with Gasteiger partial charge in [0.1, 0.15) is 0 Å². The first kappa shape index (κ1) is 14.3. The Hall–Kier alpha value is -0.160. The molecule has 4 heteroatoms. The molecule has 106 valence electrons. The van der Waals surface area contributed by atoms with Crippen molar-refractivity contribution in [2.45, 2.75) is 38.8 Å². The molecule has 0 aromatic carbocycles. The van der Waals surface area contributed by atoms with Crippen LogP contribution in [0.25, 0.3) is 0 Å². The lowest BCUT2D eigenvalue weighted by atomic mass is 10.2. The van der Waals surface area contributed by atoms with Gasteiger partial charge >= 0.3 is 0 Å². The number of hydrogen-bond acceptors (Lipinski definition) is 4. The molecule has 0 aromatic heterocycles. The van der Waals surface area contributed by atoms with E-state index in [1.165, 1.54) is 32.5 Å². The molecule has 2 aliphatic heterocycles. The molecule has 0 saturated carbocycles. The Bertz CT molecular complexity index is 231. The van der Waals surface area contributed by atoms with E-state index in [0.29, 0.717) is 6.04 Å². The second-order valence-electron chi connectivity index (χ2n) is 5.70. The minimum atomic E-state index is 0.677. The molecule has 0 aromatic rings. The van der Waals surface area contributed by atoms with Gasteiger partial charge in [0.05, 0.1) is 13.2 Å². The number of hydrogen-bond donors (Lipinski definition) is 1. The first-order chi connectivity index (χ1) is 8.79. The fraction of sp³-hybridized carbons (Fsp3) is 1.00. The maximum Gasteiger partial charge on any atom is 0.0594 e. The summed E-state index contributed by atoms with van der Waals surface area (Å²) in [7, 11) is 0. The third kappa shape index (κ3) is 4.19. The Morgan fingerprint density at radius 3 is 2.78 bits per heavy atom. The highest BCUT2D eigenvalue weighted by Crippen LogP contribution is 2.14. The fourth-order valence-corrected chi connectivity index (χ4v) is 2.98. The predicted octanol–water partition coefficient (Wildman–Crippen LogP) is 0.781. The maximum absolute atomic E-state index is 5.40. The topological polar surface area (TPSA) is 27.7 Å². The Labute approximate surface area is 112 Å². The predicted molar refractivity (Wildman–Crippen MR) is 75.0 cm³/mol. The zero-order valence-electron chi connectivity index (χ0n) is 12.0. The molecule has 0 bridgehead atoms. The first-order valence-electron chi connectivity index (χ1n) is 7.57. The van der Waals surface area contributed by atoms with Gasteiger partial charge in [-0.25, -0.2) is 0 Å². The highest BCUT2D eigenvalue weighted by molar-refractivity contribution is 4.85. The molecular weight excluding hydrogens is 226 g/mol. The van der Waals surface area contributed by atoms with Crippen LogP contribution in [0.3, 0.4) is 0 Å². The second-order valence-corrected chi connectivity index (χ2v) is 5.70. The average Bonchev–Trinajstić information content (AvgIpc) is 2.86. The third-order valence-corrected chi connectivity index (χ3v) is 4.15. The molecule has 18 heavy (non-hydrogen) atoms. The molecule has 2 unspecified atom stereocenters. The van der Waals surface area contributed by atoms with Crippen molar-refractivity contribution in [3.05, 3.63) is 0 Å². The zero-order valence-corrected chi connectivity index (χ0v) is 12.0.